The van der Waals surface area contributed by atoms with E-state index >= 15 is 0 Å². The van der Waals surface area contributed by atoms with E-state index in [1.165, 1.54) is 12.3 Å². The van der Waals surface area contributed by atoms with E-state index in [4.69, 9.17) is 5.11 Å². The first-order valence-electron chi connectivity index (χ1n) is 6.97. The van der Waals surface area contributed by atoms with E-state index in [1.807, 2.05) is 27.7 Å². The summed E-state index contributed by atoms with van der Waals surface area (Å²) in [6, 6.07) is 1.06. The first-order chi connectivity index (χ1) is 9.70. The lowest BCUT2D eigenvalue weighted by Gasteiger charge is -2.31. The van der Waals surface area contributed by atoms with E-state index in [2.05, 4.69) is 5.32 Å². The highest BCUT2D eigenvalue weighted by Crippen LogP contribution is 2.23. The van der Waals surface area contributed by atoms with Crippen molar-refractivity contribution < 1.29 is 14.8 Å². The van der Waals surface area contributed by atoms with Crippen molar-refractivity contribution in [3.05, 3.63) is 28.1 Å². The van der Waals surface area contributed by atoms with Crippen LogP contribution >= 0.6 is 0 Å². The molecule has 2 N–H and O–H groups in total. The number of aryl methyl sites for hydroxylation is 1. The van der Waals surface area contributed by atoms with Crippen LogP contribution in [0.1, 0.15) is 44.6 Å². The monoisotopic (exact) mass is 297 g/mol. The van der Waals surface area contributed by atoms with Crippen LogP contribution in [0.4, 0.5) is 5.69 Å². The summed E-state index contributed by atoms with van der Waals surface area (Å²) in [5.41, 5.74) is -0.0543. The zero-order valence-electron chi connectivity index (χ0n) is 12.9. The van der Waals surface area contributed by atoms with Crippen molar-refractivity contribution in [3.8, 4) is 0 Å². The van der Waals surface area contributed by atoms with Crippen molar-refractivity contribution in [2.24, 2.45) is 5.41 Å². The summed E-state index contributed by atoms with van der Waals surface area (Å²) >= 11 is 0. The smallest absolute Gasteiger partial charge is 0.287 e. The molecule has 7 heteroatoms. The van der Waals surface area contributed by atoms with Gasteiger partial charge in [0.05, 0.1) is 11.1 Å². The molecular formula is C14H23N3O4. The van der Waals surface area contributed by atoms with Crippen molar-refractivity contribution in [2.45, 2.75) is 46.7 Å². The molecule has 118 valence electrons. The Balaban J connectivity index is 2.99. The van der Waals surface area contributed by atoms with Crippen LogP contribution in [0.2, 0.25) is 0 Å². The molecule has 0 aromatic carbocycles. The Bertz CT molecular complexity index is 517. The number of nitrogens with one attached hydrogen (secondary N) is 1. The number of rotatable bonds is 6. The lowest BCUT2D eigenvalue weighted by molar-refractivity contribution is -0.384. The largest absolute Gasteiger partial charge is 0.396 e. The maximum absolute atomic E-state index is 12.4. The molecule has 1 atom stereocenters. The number of aliphatic hydroxyl groups excluding tert-OH is 1. The second kappa shape index (κ2) is 6.71. The van der Waals surface area contributed by atoms with Gasteiger partial charge in [-0.05, 0) is 18.8 Å². The van der Waals surface area contributed by atoms with Gasteiger partial charge in [-0.3, -0.25) is 14.9 Å². The number of nitro groups is 1. The predicted octanol–water partition coefficient (Wildman–Crippen LogP) is 1.94. The van der Waals surface area contributed by atoms with Gasteiger partial charge in [0.25, 0.3) is 11.6 Å². The first-order valence-corrected chi connectivity index (χ1v) is 6.97. The van der Waals surface area contributed by atoms with Crippen LogP contribution in [-0.4, -0.2) is 33.2 Å². The number of nitrogens with zero attached hydrogens (tertiary/aromatic N) is 2. The molecule has 21 heavy (non-hydrogen) atoms. The minimum Gasteiger partial charge on any atom is -0.396 e. The fourth-order valence-corrected chi connectivity index (χ4v) is 2.13. The van der Waals surface area contributed by atoms with Gasteiger partial charge in [-0.25, -0.2) is 0 Å². The molecule has 0 aliphatic rings. The van der Waals surface area contributed by atoms with Gasteiger partial charge in [0, 0.05) is 25.3 Å². The molecule has 1 aromatic heterocycles. The summed E-state index contributed by atoms with van der Waals surface area (Å²) < 4.78 is 1.55. The molecule has 1 aromatic rings. The minimum atomic E-state index is -0.516. The summed E-state index contributed by atoms with van der Waals surface area (Å²) in [5, 5.41) is 22.8. The van der Waals surface area contributed by atoms with Gasteiger partial charge in [-0.1, -0.05) is 20.8 Å². The summed E-state index contributed by atoms with van der Waals surface area (Å²) in [5.74, 6) is -0.363. The Hall–Kier alpha value is -1.89. The van der Waals surface area contributed by atoms with E-state index in [0.717, 1.165) is 0 Å². The van der Waals surface area contributed by atoms with E-state index in [1.54, 1.807) is 4.57 Å². The summed E-state index contributed by atoms with van der Waals surface area (Å²) in [4.78, 5) is 22.7. The SMILES string of the molecule is CCn1cc([N+](=O)[O-])cc1C(=O)NC(CCO)C(C)(C)C. The maximum atomic E-state index is 12.4. The van der Waals surface area contributed by atoms with E-state index < -0.39 is 4.92 Å². The van der Waals surface area contributed by atoms with Crippen LogP contribution in [-0.2, 0) is 6.54 Å². The number of aromatic nitrogens is 1. The van der Waals surface area contributed by atoms with Gasteiger partial charge in [-0.15, -0.1) is 0 Å². The number of hydrogen-bond acceptors (Lipinski definition) is 4. The van der Waals surface area contributed by atoms with Crippen molar-refractivity contribution in [3.63, 3.8) is 0 Å². The average Bonchev–Trinajstić information content (AvgIpc) is 2.81. The Morgan fingerprint density at radius 2 is 2.14 bits per heavy atom. The van der Waals surface area contributed by atoms with Crippen molar-refractivity contribution in [2.75, 3.05) is 6.61 Å². The number of aliphatic hydroxyl groups is 1. The van der Waals surface area contributed by atoms with Gasteiger partial charge in [0.1, 0.15) is 5.69 Å². The number of carbonyl (C=O) groups is 1. The normalized spacial score (nSPS) is 13.0. The average molecular weight is 297 g/mol. The number of amides is 1. The van der Waals surface area contributed by atoms with Gasteiger partial charge in [0.2, 0.25) is 0 Å². The summed E-state index contributed by atoms with van der Waals surface area (Å²) in [7, 11) is 0. The fraction of sp³-hybridized carbons (Fsp3) is 0.643. The molecule has 0 saturated carbocycles. The molecule has 1 rings (SSSR count). The summed E-state index contributed by atoms with van der Waals surface area (Å²) in [6.45, 7) is 8.15. The second-order valence-corrected chi connectivity index (χ2v) is 6.03. The highest BCUT2D eigenvalue weighted by molar-refractivity contribution is 5.93. The Morgan fingerprint density at radius 3 is 2.57 bits per heavy atom. The highest BCUT2D eigenvalue weighted by Gasteiger charge is 2.28. The lowest BCUT2D eigenvalue weighted by Crippen LogP contribution is -2.44. The Morgan fingerprint density at radius 1 is 1.52 bits per heavy atom. The lowest BCUT2D eigenvalue weighted by atomic mass is 9.85. The molecule has 0 saturated heterocycles. The van der Waals surface area contributed by atoms with Gasteiger partial charge < -0.3 is 15.0 Å². The highest BCUT2D eigenvalue weighted by atomic mass is 16.6. The Kier molecular flexibility index (Phi) is 5.48. The van der Waals surface area contributed by atoms with Crippen molar-refractivity contribution >= 4 is 11.6 Å². The van der Waals surface area contributed by atoms with E-state index in [0.29, 0.717) is 13.0 Å². The first kappa shape index (κ1) is 17.2. The molecule has 0 spiro atoms. The molecule has 7 nitrogen and oxygen atoms in total. The zero-order chi connectivity index (χ0) is 16.2. The van der Waals surface area contributed by atoms with Crippen LogP contribution in [0.5, 0.6) is 0 Å². The molecule has 1 heterocycles. The third kappa shape index (κ3) is 4.29. The van der Waals surface area contributed by atoms with Crippen LogP contribution in [0.15, 0.2) is 12.3 Å². The summed E-state index contributed by atoms with van der Waals surface area (Å²) in [6.07, 6.45) is 1.79. The number of carbonyl (C=O) groups excluding carboxylic acids is 1. The fourth-order valence-electron chi connectivity index (χ4n) is 2.13. The molecule has 1 unspecified atom stereocenters. The molecule has 0 aliphatic heterocycles. The Labute approximate surface area is 124 Å². The predicted molar refractivity (Wildman–Crippen MR) is 79.2 cm³/mol. The van der Waals surface area contributed by atoms with E-state index in [-0.39, 0.29) is 35.4 Å². The van der Waals surface area contributed by atoms with Crippen LogP contribution in [0.3, 0.4) is 0 Å². The van der Waals surface area contributed by atoms with Gasteiger partial charge in [-0.2, -0.15) is 0 Å². The van der Waals surface area contributed by atoms with Crippen LogP contribution in [0, 0.1) is 15.5 Å². The van der Waals surface area contributed by atoms with Crippen LogP contribution in [0.25, 0.3) is 0 Å². The topological polar surface area (TPSA) is 97.4 Å². The molecule has 0 aliphatic carbocycles. The zero-order valence-corrected chi connectivity index (χ0v) is 12.9. The van der Waals surface area contributed by atoms with Crippen molar-refractivity contribution in [1.82, 2.24) is 9.88 Å². The molecule has 0 bridgehead atoms. The van der Waals surface area contributed by atoms with Crippen LogP contribution < -0.4 is 5.32 Å². The quantitative estimate of drug-likeness (QED) is 0.619. The second-order valence-electron chi connectivity index (χ2n) is 6.03. The van der Waals surface area contributed by atoms with Gasteiger partial charge in [0.15, 0.2) is 0 Å². The third-order valence-corrected chi connectivity index (χ3v) is 3.43. The maximum Gasteiger partial charge on any atom is 0.287 e. The molecule has 1 amide bonds. The van der Waals surface area contributed by atoms with Gasteiger partial charge >= 0.3 is 0 Å². The standard InChI is InChI=1S/C14H23N3O4/c1-5-16-9-10(17(20)21)8-11(16)13(19)15-12(6-7-18)14(2,3)4/h8-9,12,18H,5-7H2,1-4H3,(H,15,19). The van der Waals surface area contributed by atoms with E-state index in [9.17, 15) is 14.9 Å². The molecular weight excluding hydrogens is 274 g/mol. The molecule has 0 fully saturated rings. The third-order valence-electron chi connectivity index (χ3n) is 3.43. The number of hydrogen-bond donors (Lipinski definition) is 2. The van der Waals surface area contributed by atoms with Crippen molar-refractivity contribution in [1.29, 1.82) is 0 Å². The molecule has 0 radical (unpaired) electrons. The minimum absolute atomic E-state index is 0.0306.